The van der Waals surface area contributed by atoms with E-state index in [4.69, 9.17) is 4.52 Å². The summed E-state index contributed by atoms with van der Waals surface area (Å²) < 4.78 is 5.05. The van der Waals surface area contributed by atoms with Crippen molar-refractivity contribution in [2.45, 2.75) is 33.2 Å². The summed E-state index contributed by atoms with van der Waals surface area (Å²) in [5.41, 5.74) is 2.61. The van der Waals surface area contributed by atoms with Crippen LogP contribution in [0.1, 0.15) is 40.2 Å². The molecule has 0 bridgehead atoms. The van der Waals surface area contributed by atoms with Crippen molar-refractivity contribution in [3.8, 4) is 0 Å². The van der Waals surface area contributed by atoms with Crippen LogP contribution in [0.3, 0.4) is 0 Å². The van der Waals surface area contributed by atoms with Crippen LogP contribution in [-0.4, -0.2) is 60.1 Å². The first-order chi connectivity index (χ1) is 13.1. The van der Waals surface area contributed by atoms with Crippen LogP contribution in [0.5, 0.6) is 0 Å². The Morgan fingerprint density at radius 1 is 1.07 bits per heavy atom. The number of nitrogens with one attached hydrogen (secondary N) is 1. The number of amides is 1. The predicted octanol–water partition coefficient (Wildman–Crippen LogP) is 2.62. The lowest BCUT2D eigenvalue weighted by Crippen LogP contribution is -2.46. The lowest BCUT2D eigenvalue weighted by molar-refractivity contribution is 0.0949. The van der Waals surface area contributed by atoms with Gasteiger partial charge in [-0.3, -0.25) is 9.69 Å². The van der Waals surface area contributed by atoms with Crippen LogP contribution in [-0.2, 0) is 6.54 Å². The molecule has 2 heterocycles. The van der Waals surface area contributed by atoms with Gasteiger partial charge in [0.1, 0.15) is 11.3 Å². The Kier molecular flexibility index (Phi) is 7.01. The van der Waals surface area contributed by atoms with Gasteiger partial charge in [-0.15, -0.1) is 0 Å². The van der Waals surface area contributed by atoms with Crippen LogP contribution in [0.4, 0.5) is 0 Å². The summed E-state index contributed by atoms with van der Waals surface area (Å²) in [5, 5.41) is 6.80. The van der Waals surface area contributed by atoms with Crippen molar-refractivity contribution in [2.24, 2.45) is 0 Å². The summed E-state index contributed by atoms with van der Waals surface area (Å²) in [6, 6.07) is 10.7. The average molecular weight is 370 g/mol. The molecule has 0 radical (unpaired) electrons. The van der Waals surface area contributed by atoms with Crippen molar-refractivity contribution in [1.82, 2.24) is 20.3 Å². The molecule has 0 atom stereocenters. The lowest BCUT2D eigenvalue weighted by atomic mass is 10.2. The third-order valence-corrected chi connectivity index (χ3v) is 5.16. The highest BCUT2D eigenvalue weighted by Gasteiger charge is 2.18. The lowest BCUT2D eigenvalue weighted by Gasteiger charge is -2.34. The number of piperazine rings is 1. The fraction of sp³-hybridized carbons (Fsp3) is 0.524. The maximum atomic E-state index is 12.2. The van der Waals surface area contributed by atoms with Gasteiger partial charge < -0.3 is 14.7 Å². The maximum absolute atomic E-state index is 12.2. The Labute approximate surface area is 161 Å². The van der Waals surface area contributed by atoms with Crippen molar-refractivity contribution >= 4 is 5.91 Å². The minimum Gasteiger partial charge on any atom is -0.361 e. The Hall–Kier alpha value is -2.18. The standard InChI is InChI=1S/C21H30N4O2/c1-17-20(18(2)27-23-17)21(26)22-10-6-7-11-24-12-14-25(15-13-24)16-19-8-4-3-5-9-19/h3-5,8-9H,6-7,10-16H2,1-2H3,(H,22,26). The van der Waals surface area contributed by atoms with Gasteiger partial charge in [0, 0.05) is 39.3 Å². The average Bonchev–Trinajstić information content (AvgIpc) is 3.02. The number of aromatic nitrogens is 1. The second-order valence-corrected chi connectivity index (χ2v) is 7.27. The number of unbranched alkanes of at least 4 members (excludes halogenated alkanes) is 1. The highest BCUT2D eigenvalue weighted by molar-refractivity contribution is 5.96. The summed E-state index contributed by atoms with van der Waals surface area (Å²) in [4.78, 5) is 17.2. The molecule has 1 aromatic carbocycles. The van der Waals surface area contributed by atoms with Crippen molar-refractivity contribution in [3.05, 3.63) is 52.9 Å². The number of carbonyl (C=O) groups is 1. The fourth-order valence-corrected chi connectivity index (χ4v) is 3.57. The fourth-order valence-electron chi connectivity index (χ4n) is 3.57. The molecule has 146 valence electrons. The van der Waals surface area contributed by atoms with E-state index in [2.05, 4.69) is 50.6 Å². The van der Waals surface area contributed by atoms with E-state index in [0.29, 0.717) is 23.6 Å². The molecule has 2 aromatic rings. The van der Waals surface area contributed by atoms with Crippen molar-refractivity contribution in [1.29, 1.82) is 0 Å². The number of benzene rings is 1. The predicted molar refractivity (Wildman–Crippen MR) is 106 cm³/mol. The van der Waals surface area contributed by atoms with Gasteiger partial charge in [0.05, 0.1) is 5.69 Å². The second kappa shape index (κ2) is 9.67. The molecule has 1 fully saturated rings. The smallest absolute Gasteiger partial charge is 0.256 e. The molecule has 27 heavy (non-hydrogen) atoms. The van der Waals surface area contributed by atoms with E-state index in [9.17, 15) is 4.79 Å². The van der Waals surface area contributed by atoms with E-state index in [1.165, 1.54) is 5.56 Å². The minimum atomic E-state index is -0.0826. The molecule has 0 aliphatic carbocycles. The Morgan fingerprint density at radius 2 is 1.78 bits per heavy atom. The number of hydrogen-bond acceptors (Lipinski definition) is 5. The van der Waals surface area contributed by atoms with E-state index in [-0.39, 0.29) is 5.91 Å². The van der Waals surface area contributed by atoms with E-state index < -0.39 is 0 Å². The summed E-state index contributed by atoms with van der Waals surface area (Å²) >= 11 is 0. The highest BCUT2D eigenvalue weighted by Crippen LogP contribution is 2.12. The topological polar surface area (TPSA) is 61.6 Å². The van der Waals surface area contributed by atoms with Crippen LogP contribution >= 0.6 is 0 Å². The first-order valence-electron chi connectivity index (χ1n) is 9.83. The zero-order valence-corrected chi connectivity index (χ0v) is 16.4. The van der Waals surface area contributed by atoms with Crippen molar-refractivity contribution < 1.29 is 9.32 Å². The molecule has 1 saturated heterocycles. The summed E-state index contributed by atoms with van der Waals surface area (Å²) in [6.07, 6.45) is 2.08. The zero-order chi connectivity index (χ0) is 19.1. The highest BCUT2D eigenvalue weighted by atomic mass is 16.5. The molecule has 1 aliphatic rings. The Balaban J connectivity index is 1.28. The van der Waals surface area contributed by atoms with Crippen LogP contribution in [0.2, 0.25) is 0 Å². The Bertz CT molecular complexity index is 702. The van der Waals surface area contributed by atoms with E-state index >= 15 is 0 Å². The van der Waals surface area contributed by atoms with Gasteiger partial charge in [0.25, 0.3) is 5.91 Å². The number of rotatable bonds is 8. The van der Waals surface area contributed by atoms with Crippen molar-refractivity contribution in [3.63, 3.8) is 0 Å². The maximum Gasteiger partial charge on any atom is 0.256 e. The molecule has 0 spiro atoms. The number of nitrogens with zero attached hydrogens (tertiary/aromatic N) is 3. The monoisotopic (exact) mass is 370 g/mol. The Morgan fingerprint density at radius 3 is 2.44 bits per heavy atom. The number of carbonyl (C=O) groups excluding carboxylic acids is 1. The quantitative estimate of drug-likeness (QED) is 0.724. The zero-order valence-electron chi connectivity index (χ0n) is 16.4. The van der Waals surface area contributed by atoms with Gasteiger partial charge in [0.2, 0.25) is 0 Å². The molecule has 0 saturated carbocycles. The van der Waals surface area contributed by atoms with Gasteiger partial charge in [-0.25, -0.2) is 0 Å². The third kappa shape index (κ3) is 5.65. The van der Waals surface area contributed by atoms with Crippen molar-refractivity contribution in [2.75, 3.05) is 39.3 Å². The van der Waals surface area contributed by atoms with Crippen LogP contribution in [0, 0.1) is 13.8 Å². The van der Waals surface area contributed by atoms with Gasteiger partial charge in [-0.2, -0.15) is 0 Å². The molecule has 6 nitrogen and oxygen atoms in total. The molecular formula is C21H30N4O2. The summed E-state index contributed by atoms with van der Waals surface area (Å²) in [7, 11) is 0. The third-order valence-electron chi connectivity index (χ3n) is 5.16. The van der Waals surface area contributed by atoms with Crippen LogP contribution < -0.4 is 5.32 Å². The molecule has 1 N–H and O–H groups in total. The molecule has 6 heteroatoms. The summed E-state index contributed by atoms with van der Waals surface area (Å²) in [6.45, 7) is 10.9. The largest absolute Gasteiger partial charge is 0.361 e. The molecule has 1 aliphatic heterocycles. The second-order valence-electron chi connectivity index (χ2n) is 7.27. The number of aryl methyl sites for hydroxylation is 2. The van der Waals surface area contributed by atoms with Gasteiger partial charge >= 0.3 is 0 Å². The van der Waals surface area contributed by atoms with E-state index in [0.717, 1.165) is 52.1 Å². The SMILES string of the molecule is Cc1noc(C)c1C(=O)NCCCCN1CCN(Cc2ccccc2)CC1. The van der Waals surface area contributed by atoms with Gasteiger partial charge in [0.15, 0.2) is 0 Å². The number of hydrogen-bond donors (Lipinski definition) is 1. The minimum absolute atomic E-state index is 0.0826. The molecule has 1 amide bonds. The summed E-state index contributed by atoms with van der Waals surface area (Å²) in [5.74, 6) is 0.499. The van der Waals surface area contributed by atoms with E-state index in [1.54, 1.807) is 13.8 Å². The molecule has 0 unspecified atom stereocenters. The van der Waals surface area contributed by atoms with Crippen LogP contribution in [0.15, 0.2) is 34.9 Å². The first kappa shape index (κ1) is 19.6. The molecule has 3 rings (SSSR count). The first-order valence-corrected chi connectivity index (χ1v) is 9.83. The molecular weight excluding hydrogens is 340 g/mol. The van der Waals surface area contributed by atoms with Crippen LogP contribution in [0.25, 0.3) is 0 Å². The van der Waals surface area contributed by atoms with Gasteiger partial charge in [-0.1, -0.05) is 35.5 Å². The molecule has 1 aromatic heterocycles. The normalized spacial score (nSPS) is 15.8. The van der Waals surface area contributed by atoms with Gasteiger partial charge in [-0.05, 0) is 38.8 Å². The van der Waals surface area contributed by atoms with E-state index in [1.807, 2.05) is 0 Å².